The van der Waals surface area contributed by atoms with Crippen LogP contribution in [-0.2, 0) is 23.1 Å². The molecule has 2 aliphatic heterocycles. The van der Waals surface area contributed by atoms with E-state index in [1.54, 1.807) is 0 Å². The molecule has 2 aromatic heterocycles. The van der Waals surface area contributed by atoms with E-state index < -0.39 is 72.8 Å². The lowest BCUT2D eigenvalue weighted by Crippen LogP contribution is -2.33. The van der Waals surface area contributed by atoms with Gasteiger partial charge in [0.05, 0.1) is 19.3 Å². The first-order valence-corrected chi connectivity index (χ1v) is 16.6. The number of hydrogen-bond donors (Lipinski definition) is 5. The molecule has 15 nitrogen and oxygen atoms in total. The first-order chi connectivity index (χ1) is 19.9. The fraction of sp³-hybridized carbons (Fsp3) is 0.652. The van der Waals surface area contributed by atoms with Crippen LogP contribution >= 0.6 is 30.7 Å². The minimum Gasteiger partial charge on any atom is -0.394 e. The Kier molecular flexibility index (Phi) is 10.1. The predicted molar refractivity (Wildman–Crippen MR) is 152 cm³/mol. The molecule has 3 unspecified atom stereocenters. The summed E-state index contributed by atoms with van der Waals surface area (Å²) >= 11 is 1.76. The normalized spacial score (nSPS) is 28.0. The molecule has 0 amide bonds. The van der Waals surface area contributed by atoms with Gasteiger partial charge in [-0.3, -0.25) is 37.7 Å². The van der Waals surface area contributed by atoms with E-state index in [0.717, 1.165) is 33.0 Å². The number of ether oxygens (including phenoxy) is 2. The van der Waals surface area contributed by atoms with E-state index in [1.165, 1.54) is 26.2 Å². The lowest BCUT2D eigenvalue weighted by atomic mass is 10.2. The molecule has 0 saturated carbocycles. The minimum absolute atomic E-state index is 0.00615. The molecule has 41 heavy (non-hydrogen) atoms. The molecular formula is C23H33N4O11PS2. The standard InChI is InChI=1S/C23H33N4O11PS2/c1-12-8-26(22(32)24-20(12)30)18-6-14(29)17(37-18)11-35-39(34,41-5-3-4-40)38-15-7-19(36-16(15)10-28)27-9-13(2)21(31)25-23(27)33/h8-9,14-19,28-29,40H,3-7,10-11H2,1-2H3,(H,24,30,32)(H,25,31,33)/t14?,15?,16-,17-,18-,19-,39?/m1/s1/i/hT. The molecule has 2 aromatic rings. The van der Waals surface area contributed by atoms with Crippen LogP contribution in [0.5, 0.6) is 0 Å². The summed E-state index contributed by atoms with van der Waals surface area (Å²) in [6, 6.07) is 0. The zero-order valence-electron chi connectivity index (χ0n) is 23.3. The molecule has 228 valence electrons. The number of nitrogens with zero attached hydrogens (tertiary/aromatic N) is 2. The van der Waals surface area contributed by atoms with E-state index in [-0.39, 0.29) is 30.6 Å². The Morgan fingerprint density at radius 1 is 1.07 bits per heavy atom. The smallest absolute Gasteiger partial charge is 0.389 e. The highest BCUT2D eigenvalue weighted by atomic mass is 32.7. The average Bonchev–Trinajstić information content (AvgIpc) is 3.52. The maximum atomic E-state index is 13.9. The van der Waals surface area contributed by atoms with Crippen LogP contribution in [0.1, 0.15) is 42.8 Å². The Morgan fingerprint density at radius 3 is 2.24 bits per heavy atom. The van der Waals surface area contributed by atoms with Crippen molar-refractivity contribution in [2.45, 2.75) is 70.0 Å². The molecular weight excluding hydrogens is 603 g/mol. The number of aliphatic hydroxyl groups excluding tert-OH is 2. The third-order valence-corrected chi connectivity index (χ3v) is 10.8. The van der Waals surface area contributed by atoms with E-state index in [9.17, 15) is 34.0 Å². The van der Waals surface area contributed by atoms with E-state index in [4.69, 9.17) is 19.6 Å². The Balaban J connectivity index is 1.48. The molecule has 4 rings (SSSR count). The molecule has 0 spiro atoms. The van der Waals surface area contributed by atoms with Gasteiger partial charge in [-0.25, -0.2) is 14.2 Å². The number of aromatic nitrogens is 4. The van der Waals surface area contributed by atoms with Gasteiger partial charge in [-0.05, 0) is 37.4 Å². The summed E-state index contributed by atoms with van der Waals surface area (Å²) in [5, 5.41) is 20.5. The van der Waals surface area contributed by atoms with Crippen molar-refractivity contribution in [3.8, 4) is 0 Å². The van der Waals surface area contributed by atoms with Crippen LogP contribution in [0.2, 0.25) is 0 Å². The van der Waals surface area contributed by atoms with Crippen LogP contribution in [0.25, 0.3) is 0 Å². The van der Waals surface area contributed by atoms with Crippen LogP contribution in [-0.4, -0.2) is 79.6 Å². The van der Waals surface area contributed by atoms with Crippen LogP contribution in [0.15, 0.2) is 31.6 Å². The summed E-state index contributed by atoms with van der Waals surface area (Å²) < 4.78 is 46.8. The van der Waals surface area contributed by atoms with E-state index in [0.29, 0.717) is 17.9 Å². The van der Waals surface area contributed by atoms with Crippen molar-refractivity contribution < 1.29 is 33.3 Å². The predicted octanol–water partition coefficient (Wildman–Crippen LogP) is 0.195. The summed E-state index contributed by atoms with van der Waals surface area (Å²) in [5.74, 6) is 0.792. The van der Waals surface area contributed by atoms with E-state index in [1.807, 2.05) is 0 Å². The topological polar surface area (TPSA) is 204 Å². The van der Waals surface area contributed by atoms with E-state index in [2.05, 4.69) is 9.97 Å². The summed E-state index contributed by atoms with van der Waals surface area (Å²) in [5.41, 5.74) is -1.94. The largest absolute Gasteiger partial charge is 0.394 e. The average molecular weight is 639 g/mol. The zero-order valence-corrected chi connectivity index (χ0v) is 24.8. The second kappa shape index (κ2) is 13.6. The highest BCUT2D eigenvalue weighted by Crippen LogP contribution is 2.63. The molecule has 0 aliphatic carbocycles. The van der Waals surface area contributed by atoms with Crippen LogP contribution in [0, 0.1) is 13.8 Å². The fourth-order valence-corrected chi connectivity index (χ4v) is 8.33. The van der Waals surface area contributed by atoms with Gasteiger partial charge in [0.25, 0.3) is 11.1 Å². The number of hydrogen-bond acceptors (Lipinski definition) is 13. The third-order valence-electron chi connectivity index (χ3n) is 6.68. The van der Waals surface area contributed by atoms with Gasteiger partial charge >= 0.3 is 18.2 Å². The maximum Gasteiger partial charge on any atom is 0.389 e. The number of H-pyrrole nitrogens is 2. The second-order valence-corrected chi connectivity index (χ2v) is 14.3. The maximum absolute atomic E-state index is 13.9. The zero-order chi connectivity index (χ0) is 30.6. The number of aryl methyl sites for hydroxylation is 2. The molecule has 2 aliphatic rings. The van der Waals surface area contributed by atoms with Gasteiger partial charge in [0, 0.05) is 42.1 Å². The van der Waals surface area contributed by atoms with Gasteiger partial charge in [0.1, 0.15) is 31.9 Å². The molecule has 7 atom stereocenters. The highest BCUT2D eigenvalue weighted by molar-refractivity contribution is 8.55. The first-order valence-electron chi connectivity index (χ1n) is 13.2. The second-order valence-electron chi connectivity index (χ2n) is 9.71. The van der Waals surface area contributed by atoms with Gasteiger partial charge in [0.15, 0.2) is 0 Å². The van der Waals surface area contributed by atoms with Crippen molar-refractivity contribution in [2.24, 2.45) is 0 Å². The number of aliphatic hydroxyl groups is 2. The van der Waals surface area contributed by atoms with Gasteiger partial charge in [-0.2, -0.15) is 12.5 Å². The number of aromatic amines is 2. The molecule has 0 bridgehead atoms. The van der Waals surface area contributed by atoms with Crippen molar-refractivity contribution >= 4 is 30.7 Å². The minimum atomic E-state index is -4.00. The van der Waals surface area contributed by atoms with Crippen molar-refractivity contribution in [3.05, 3.63) is 65.2 Å². The summed E-state index contributed by atoms with van der Waals surface area (Å²) in [7, 11) is 0. The molecule has 2 fully saturated rings. The van der Waals surface area contributed by atoms with Gasteiger partial charge < -0.3 is 19.7 Å². The molecule has 0 aromatic carbocycles. The third kappa shape index (κ3) is 7.53. The number of nitrogens with one attached hydrogen (secondary N) is 2. The van der Waals surface area contributed by atoms with Gasteiger partial charge in [-0.15, -0.1) is 0 Å². The fourth-order valence-electron chi connectivity index (χ4n) is 4.45. The SMILES string of the molecule is [3H]SCCCSP(=O)(OC[C@H]1O[C@@H](n2cc(C)c(=O)[nH]c2=O)CC1O)OC1C[C@H](n2cc(C)c(=O)[nH]c2=O)O[C@@H]1CO. The monoisotopic (exact) mass is 638 g/mol. The Bertz CT molecular complexity index is 1530. The van der Waals surface area contributed by atoms with Crippen LogP contribution in [0.3, 0.4) is 0 Å². The lowest BCUT2D eigenvalue weighted by Gasteiger charge is -2.25. The lowest BCUT2D eigenvalue weighted by molar-refractivity contribution is -0.0510. The Morgan fingerprint density at radius 2 is 1.66 bits per heavy atom. The van der Waals surface area contributed by atoms with Crippen molar-refractivity contribution in [1.82, 2.24) is 19.1 Å². The van der Waals surface area contributed by atoms with Crippen molar-refractivity contribution in [2.75, 3.05) is 24.7 Å². The number of rotatable bonds is 13. The number of thiol groups is 1. The molecule has 0 radical (unpaired) electrons. The summed E-state index contributed by atoms with van der Waals surface area (Å²) in [4.78, 5) is 52.5. The molecule has 18 heteroatoms. The van der Waals surface area contributed by atoms with Crippen molar-refractivity contribution in [1.29, 1.82) is 1.12 Å². The quantitative estimate of drug-likeness (QED) is 0.113. The first kappa shape index (κ1) is 30.5. The molecule has 4 N–H and O–H groups in total. The summed E-state index contributed by atoms with van der Waals surface area (Å²) in [6.45, 7) is -1.84. The van der Waals surface area contributed by atoms with Gasteiger partial charge in [0.2, 0.25) is 0 Å². The van der Waals surface area contributed by atoms with Crippen LogP contribution < -0.4 is 22.5 Å². The summed E-state index contributed by atoms with van der Waals surface area (Å²) in [6.07, 6.45) is -2.64. The highest BCUT2D eigenvalue weighted by Gasteiger charge is 2.44. The molecule has 4 heterocycles. The Labute approximate surface area is 244 Å². The molecule has 2 saturated heterocycles. The Hall–Kier alpha value is -1.95. The van der Waals surface area contributed by atoms with Crippen LogP contribution in [0.4, 0.5) is 0 Å². The van der Waals surface area contributed by atoms with Gasteiger partial charge in [-0.1, -0.05) is 0 Å². The van der Waals surface area contributed by atoms with Crippen molar-refractivity contribution in [3.63, 3.8) is 0 Å². The van der Waals surface area contributed by atoms with E-state index >= 15 is 0 Å².